The number of aromatic nitrogens is 4. The summed E-state index contributed by atoms with van der Waals surface area (Å²) in [6, 6.07) is 15.7. The fraction of sp³-hybridized carbons (Fsp3) is 0.522. The van der Waals surface area contributed by atoms with Gasteiger partial charge in [0.15, 0.2) is 0 Å². The first-order valence-corrected chi connectivity index (χ1v) is 22.1. The number of piperidine rings is 3. The topological polar surface area (TPSA) is 179 Å². The van der Waals surface area contributed by atoms with E-state index in [9.17, 15) is 24.4 Å². The second-order valence-electron chi connectivity index (χ2n) is 19.3. The average Bonchev–Trinajstić information content (AvgIpc) is 3.25. The minimum Gasteiger partial charge on any atom is -0.489 e. The number of imide groups is 1. The van der Waals surface area contributed by atoms with E-state index in [2.05, 4.69) is 69.4 Å². The van der Waals surface area contributed by atoms with E-state index in [-0.39, 0.29) is 53.2 Å². The Morgan fingerprint density at radius 1 is 0.952 bits per heavy atom. The number of carbonyl (C=O) groups excluding carboxylic acids is 3. The lowest BCUT2D eigenvalue weighted by Gasteiger charge is -2.63. The smallest absolute Gasteiger partial charge is 0.278 e. The summed E-state index contributed by atoms with van der Waals surface area (Å²) in [5.41, 5.74) is 1.70. The molecule has 4 aromatic rings. The van der Waals surface area contributed by atoms with E-state index in [4.69, 9.17) is 21.3 Å². The lowest BCUT2D eigenvalue weighted by Crippen LogP contribution is -2.74. The zero-order valence-electron chi connectivity index (χ0n) is 35.7. The van der Waals surface area contributed by atoms with Crippen LogP contribution in [0.4, 0.5) is 11.5 Å². The number of hydrogen-bond acceptors (Lipinski definition) is 12. The Bertz CT molecular complexity index is 2500. The summed E-state index contributed by atoms with van der Waals surface area (Å²) in [4.78, 5) is 62.7. The summed E-state index contributed by atoms with van der Waals surface area (Å²) in [5.74, 6) is 1.12. The van der Waals surface area contributed by atoms with Crippen molar-refractivity contribution in [1.82, 2.24) is 35.5 Å². The van der Waals surface area contributed by atoms with Crippen molar-refractivity contribution in [3.8, 4) is 11.8 Å². The number of rotatable bonds is 9. The van der Waals surface area contributed by atoms with Crippen LogP contribution in [0, 0.1) is 33.5 Å². The molecule has 1 unspecified atom stereocenters. The Morgan fingerprint density at radius 2 is 1.69 bits per heavy atom. The monoisotopic (exact) mass is 860 g/mol. The van der Waals surface area contributed by atoms with E-state index in [0.29, 0.717) is 44.1 Å². The van der Waals surface area contributed by atoms with Crippen LogP contribution in [0.3, 0.4) is 0 Å². The van der Waals surface area contributed by atoms with Gasteiger partial charge in [0, 0.05) is 87.1 Å². The van der Waals surface area contributed by atoms with Gasteiger partial charge in [-0.05, 0) is 85.9 Å². The van der Waals surface area contributed by atoms with Gasteiger partial charge in [-0.3, -0.25) is 24.5 Å². The van der Waals surface area contributed by atoms with E-state index in [0.717, 1.165) is 87.7 Å². The second kappa shape index (κ2) is 16.0. The van der Waals surface area contributed by atoms with Crippen molar-refractivity contribution in [3.63, 3.8) is 0 Å². The van der Waals surface area contributed by atoms with Crippen LogP contribution in [0.5, 0.6) is 5.75 Å². The number of halogens is 1. The fourth-order valence-corrected chi connectivity index (χ4v) is 11.4. The van der Waals surface area contributed by atoms with E-state index in [1.54, 1.807) is 30.5 Å². The SMILES string of the molecule is CC1(C)C(NC(=O)c2ccc(N3CCC4(CC3)CN(CC3CCN(c5ccc6c(=O)n(C7CCC(=O)NC7=O)nnc6c5)CC3)C4)nc2)C(C)(C)C1Oc1ccc(C#N)c(Cl)c1. The molecule has 6 heterocycles. The molecule has 2 aromatic carbocycles. The number of nitrogens with zero attached hydrogens (tertiary/aromatic N) is 8. The number of fused-ring (bicyclic) bond motifs is 1. The summed E-state index contributed by atoms with van der Waals surface area (Å²) in [6.45, 7) is 15.5. The van der Waals surface area contributed by atoms with Gasteiger partial charge >= 0.3 is 0 Å². The molecule has 5 fully saturated rings. The molecule has 62 heavy (non-hydrogen) atoms. The van der Waals surface area contributed by atoms with Crippen LogP contribution in [-0.4, -0.2) is 101 Å². The Kier molecular flexibility index (Phi) is 10.7. The molecule has 2 aromatic heterocycles. The van der Waals surface area contributed by atoms with Crippen LogP contribution in [-0.2, 0) is 9.59 Å². The number of carbonyl (C=O) groups is 3. The van der Waals surface area contributed by atoms with Crippen molar-refractivity contribution in [2.24, 2.45) is 22.2 Å². The molecule has 4 aliphatic heterocycles. The summed E-state index contributed by atoms with van der Waals surface area (Å²) < 4.78 is 7.48. The molecular formula is C46H53ClN10O5. The molecule has 2 N–H and O–H groups in total. The average molecular weight is 861 g/mol. The standard InChI is InChI=1S/C46H53ClN10O5/c1-44(2)42(45(3,4)43(44)62-32-8-5-29(23-48)34(47)22-32)51-39(59)30-6-11-37(49-24-30)56-19-15-46(16-20-56)26-54(27-46)25-28-13-17-55(18-14-28)31-7-9-33-35(21-31)52-53-57(41(33)61)36-10-12-38(58)50-40(36)60/h5-9,11,21-22,24,28,36,42-43H,10,12-20,25-27H2,1-4H3,(H,51,59)(H,50,58,60). The molecule has 9 rings (SSSR count). The highest BCUT2D eigenvalue weighted by atomic mass is 35.5. The predicted molar refractivity (Wildman–Crippen MR) is 234 cm³/mol. The van der Waals surface area contributed by atoms with Crippen LogP contribution in [0.2, 0.25) is 5.02 Å². The van der Waals surface area contributed by atoms with Crippen LogP contribution in [0.15, 0.2) is 59.5 Å². The molecule has 0 bridgehead atoms. The lowest BCUT2D eigenvalue weighted by atomic mass is 9.49. The van der Waals surface area contributed by atoms with Crippen LogP contribution in [0.25, 0.3) is 10.9 Å². The highest BCUT2D eigenvalue weighted by Crippen LogP contribution is 2.55. The van der Waals surface area contributed by atoms with Gasteiger partial charge in [0.25, 0.3) is 17.4 Å². The molecule has 324 valence electrons. The molecule has 1 spiro atoms. The molecule has 1 saturated carbocycles. The number of benzene rings is 2. The van der Waals surface area contributed by atoms with Gasteiger partial charge < -0.3 is 24.8 Å². The number of pyridine rings is 1. The molecule has 0 radical (unpaired) electrons. The van der Waals surface area contributed by atoms with Gasteiger partial charge in [-0.15, -0.1) is 5.10 Å². The first kappa shape index (κ1) is 41.7. The Hall–Kier alpha value is -5.59. The molecule has 1 atom stereocenters. The lowest BCUT2D eigenvalue weighted by molar-refractivity contribution is -0.164. The van der Waals surface area contributed by atoms with Crippen LogP contribution >= 0.6 is 11.6 Å². The highest BCUT2D eigenvalue weighted by molar-refractivity contribution is 6.31. The maximum absolute atomic E-state index is 13.5. The Labute approximate surface area is 365 Å². The molecular weight excluding hydrogens is 808 g/mol. The minimum atomic E-state index is -0.838. The molecule has 3 amide bonds. The highest BCUT2D eigenvalue weighted by Gasteiger charge is 2.64. The van der Waals surface area contributed by atoms with Gasteiger partial charge in [-0.25, -0.2) is 4.98 Å². The molecule has 15 nitrogen and oxygen atoms in total. The van der Waals surface area contributed by atoms with Gasteiger partial charge in [0.2, 0.25) is 5.91 Å². The van der Waals surface area contributed by atoms with Crippen LogP contribution in [0.1, 0.15) is 88.2 Å². The number of likely N-dealkylation sites (tertiary alicyclic amines) is 1. The first-order chi connectivity index (χ1) is 29.6. The van der Waals surface area contributed by atoms with E-state index >= 15 is 0 Å². The van der Waals surface area contributed by atoms with Crippen molar-refractivity contribution in [1.29, 1.82) is 5.26 Å². The third-order valence-electron chi connectivity index (χ3n) is 14.4. The zero-order chi connectivity index (χ0) is 43.6. The number of anilines is 2. The Morgan fingerprint density at radius 3 is 2.35 bits per heavy atom. The summed E-state index contributed by atoms with van der Waals surface area (Å²) >= 11 is 6.26. The van der Waals surface area contributed by atoms with Gasteiger partial charge in [-0.2, -0.15) is 9.94 Å². The van der Waals surface area contributed by atoms with E-state index < -0.39 is 11.9 Å². The second-order valence-corrected chi connectivity index (χ2v) is 19.7. The largest absolute Gasteiger partial charge is 0.489 e. The maximum atomic E-state index is 13.5. The van der Waals surface area contributed by atoms with Crippen LogP contribution < -0.4 is 30.7 Å². The third-order valence-corrected chi connectivity index (χ3v) is 14.7. The summed E-state index contributed by atoms with van der Waals surface area (Å²) in [6.07, 6.45) is 6.33. The van der Waals surface area contributed by atoms with Gasteiger partial charge in [0.1, 0.15) is 35.3 Å². The minimum absolute atomic E-state index is 0.138. The van der Waals surface area contributed by atoms with Gasteiger partial charge in [0.05, 0.1) is 21.5 Å². The number of hydrogen-bond donors (Lipinski definition) is 2. The van der Waals surface area contributed by atoms with E-state index in [1.165, 1.54) is 0 Å². The quantitative estimate of drug-likeness (QED) is 0.213. The predicted octanol–water partition coefficient (Wildman–Crippen LogP) is 5.12. The number of nitrogens with one attached hydrogen (secondary N) is 2. The first-order valence-electron chi connectivity index (χ1n) is 21.7. The van der Waals surface area contributed by atoms with Crippen molar-refractivity contribution >= 4 is 51.7 Å². The molecule has 4 saturated heterocycles. The Balaban J connectivity index is 0.716. The number of ether oxygens (including phenoxy) is 1. The number of amides is 3. The zero-order valence-corrected chi connectivity index (χ0v) is 36.5. The molecule has 16 heteroatoms. The third kappa shape index (κ3) is 7.65. The van der Waals surface area contributed by atoms with Crippen molar-refractivity contribution < 1.29 is 19.1 Å². The van der Waals surface area contributed by atoms with E-state index in [1.807, 2.05) is 24.3 Å². The maximum Gasteiger partial charge on any atom is 0.278 e. The van der Waals surface area contributed by atoms with Crippen molar-refractivity contribution in [3.05, 3.63) is 81.2 Å². The normalized spacial score (nSPS) is 24.5. The fourth-order valence-electron chi connectivity index (χ4n) is 11.2. The number of nitriles is 1. The van der Waals surface area contributed by atoms with Crippen molar-refractivity contribution in [2.75, 3.05) is 55.6 Å². The molecule has 1 aliphatic carbocycles. The molecule has 5 aliphatic rings. The summed E-state index contributed by atoms with van der Waals surface area (Å²) in [5, 5.41) is 23.9. The summed E-state index contributed by atoms with van der Waals surface area (Å²) in [7, 11) is 0. The van der Waals surface area contributed by atoms with Gasteiger partial charge in [-0.1, -0.05) is 44.5 Å². The van der Waals surface area contributed by atoms with Crippen molar-refractivity contribution in [2.45, 2.75) is 84.4 Å².